The number of non-ortho nitro benzene ring substituents is 1. The number of aryl methyl sites for hydroxylation is 1. The third-order valence-electron chi connectivity index (χ3n) is 2.36. The third-order valence-corrected chi connectivity index (χ3v) is 2.36. The van der Waals surface area contributed by atoms with E-state index in [-0.39, 0.29) is 24.4 Å². The van der Waals surface area contributed by atoms with E-state index in [0.29, 0.717) is 5.56 Å². The lowest BCUT2D eigenvalue weighted by molar-refractivity contribution is -0.385. The van der Waals surface area contributed by atoms with Gasteiger partial charge >= 0.3 is 5.97 Å². The zero-order chi connectivity index (χ0) is 13.7. The second kappa shape index (κ2) is 5.97. The number of ether oxygens (including phenoxy) is 1. The van der Waals surface area contributed by atoms with Gasteiger partial charge in [0, 0.05) is 12.5 Å². The third kappa shape index (κ3) is 3.42. The van der Waals surface area contributed by atoms with Crippen molar-refractivity contribution in [2.45, 2.75) is 19.4 Å². The molecule has 0 spiro atoms. The van der Waals surface area contributed by atoms with Crippen LogP contribution in [0.4, 0.5) is 5.69 Å². The summed E-state index contributed by atoms with van der Waals surface area (Å²) in [6.45, 7) is 1.84. The number of carbonyl (C=O) groups is 1. The number of rotatable bonds is 6. The molecule has 3 N–H and O–H groups in total. The van der Waals surface area contributed by atoms with Crippen LogP contribution in [0.25, 0.3) is 0 Å². The Kier molecular flexibility index (Phi) is 4.61. The van der Waals surface area contributed by atoms with E-state index in [2.05, 4.69) is 0 Å². The van der Waals surface area contributed by atoms with Crippen LogP contribution in [0.2, 0.25) is 0 Å². The molecule has 18 heavy (non-hydrogen) atoms. The van der Waals surface area contributed by atoms with Gasteiger partial charge in [-0.1, -0.05) is 0 Å². The molecule has 0 amide bonds. The molecule has 1 aromatic rings. The summed E-state index contributed by atoms with van der Waals surface area (Å²) in [7, 11) is 0. The van der Waals surface area contributed by atoms with Crippen LogP contribution in [0.1, 0.15) is 12.0 Å². The molecule has 0 saturated carbocycles. The summed E-state index contributed by atoms with van der Waals surface area (Å²) in [6.07, 6.45) is -0.965. The summed E-state index contributed by atoms with van der Waals surface area (Å²) in [6, 6.07) is 4.05. The fraction of sp³-hybridized carbons (Fsp3) is 0.364. The van der Waals surface area contributed by atoms with Gasteiger partial charge in [-0.05, 0) is 25.1 Å². The molecule has 0 fully saturated rings. The van der Waals surface area contributed by atoms with Crippen LogP contribution in [-0.4, -0.2) is 28.6 Å². The van der Waals surface area contributed by atoms with Crippen LogP contribution >= 0.6 is 0 Å². The number of benzene rings is 1. The summed E-state index contributed by atoms with van der Waals surface area (Å²) in [5.41, 5.74) is 5.77. The van der Waals surface area contributed by atoms with Crippen molar-refractivity contribution >= 4 is 11.7 Å². The summed E-state index contributed by atoms with van der Waals surface area (Å²) < 4.78 is 5.25. The Morgan fingerprint density at radius 3 is 2.78 bits per heavy atom. The summed E-state index contributed by atoms with van der Waals surface area (Å²) in [5, 5.41) is 19.5. The zero-order valence-electron chi connectivity index (χ0n) is 9.83. The number of nitrogens with two attached hydrogens (primary N) is 1. The van der Waals surface area contributed by atoms with Gasteiger partial charge in [-0.15, -0.1) is 0 Å². The van der Waals surface area contributed by atoms with Crippen molar-refractivity contribution in [3.8, 4) is 5.75 Å². The first-order valence-electron chi connectivity index (χ1n) is 5.30. The van der Waals surface area contributed by atoms with Gasteiger partial charge in [0.2, 0.25) is 0 Å². The SMILES string of the molecule is Cc1ccc([N+](=O)[O-])cc1OC(CCN)C(=O)O. The number of carboxylic acids is 1. The maximum Gasteiger partial charge on any atom is 0.344 e. The molecule has 0 radical (unpaired) electrons. The minimum absolute atomic E-state index is 0.136. The summed E-state index contributed by atoms with van der Waals surface area (Å²) >= 11 is 0. The number of carboxylic acid groups (broad SMARTS) is 1. The van der Waals surface area contributed by atoms with Crippen LogP contribution in [0.15, 0.2) is 18.2 Å². The summed E-state index contributed by atoms with van der Waals surface area (Å²) in [5.74, 6) is -0.962. The summed E-state index contributed by atoms with van der Waals surface area (Å²) in [4.78, 5) is 21.0. The highest BCUT2D eigenvalue weighted by atomic mass is 16.6. The van der Waals surface area contributed by atoms with Crippen molar-refractivity contribution < 1.29 is 19.6 Å². The Hall–Kier alpha value is -2.15. The molecule has 1 aromatic carbocycles. The largest absolute Gasteiger partial charge is 0.479 e. The first kappa shape index (κ1) is 13.9. The number of nitrogens with zero attached hydrogens (tertiary/aromatic N) is 1. The highest BCUT2D eigenvalue weighted by Gasteiger charge is 2.20. The molecule has 1 rings (SSSR count). The molecule has 0 saturated heterocycles. The van der Waals surface area contributed by atoms with Gasteiger partial charge in [-0.3, -0.25) is 10.1 Å². The van der Waals surface area contributed by atoms with Gasteiger partial charge < -0.3 is 15.6 Å². The van der Waals surface area contributed by atoms with Crippen LogP contribution in [0.5, 0.6) is 5.75 Å². The monoisotopic (exact) mass is 254 g/mol. The van der Waals surface area contributed by atoms with E-state index in [1.54, 1.807) is 6.92 Å². The minimum atomic E-state index is -1.15. The van der Waals surface area contributed by atoms with E-state index in [1.165, 1.54) is 18.2 Å². The van der Waals surface area contributed by atoms with E-state index >= 15 is 0 Å². The Labute approximate surface area is 103 Å². The van der Waals surface area contributed by atoms with Crippen molar-refractivity contribution in [2.75, 3.05) is 6.54 Å². The van der Waals surface area contributed by atoms with Crippen molar-refractivity contribution in [3.63, 3.8) is 0 Å². The van der Waals surface area contributed by atoms with Crippen molar-refractivity contribution in [3.05, 3.63) is 33.9 Å². The molecule has 0 aliphatic carbocycles. The first-order chi connectivity index (χ1) is 8.45. The Bertz CT molecular complexity index is 461. The highest BCUT2D eigenvalue weighted by molar-refractivity contribution is 5.72. The quantitative estimate of drug-likeness (QED) is 0.579. The number of nitro groups is 1. The van der Waals surface area contributed by atoms with Gasteiger partial charge in [0.25, 0.3) is 5.69 Å². The van der Waals surface area contributed by atoms with Crippen molar-refractivity contribution in [1.82, 2.24) is 0 Å². The maximum absolute atomic E-state index is 10.9. The van der Waals surface area contributed by atoms with Gasteiger partial charge in [-0.2, -0.15) is 0 Å². The number of hydrogen-bond donors (Lipinski definition) is 2. The zero-order valence-corrected chi connectivity index (χ0v) is 9.83. The van der Waals surface area contributed by atoms with Gasteiger partial charge in [0.15, 0.2) is 6.10 Å². The lowest BCUT2D eigenvalue weighted by Crippen LogP contribution is -2.29. The predicted octanol–water partition coefficient (Wildman–Crippen LogP) is 1.08. The van der Waals surface area contributed by atoms with Crippen LogP contribution < -0.4 is 10.5 Å². The second-order valence-corrected chi connectivity index (χ2v) is 3.73. The molecule has 0 heterocycles. The van der Waals surface area contributed by atoms with Gasteiger partial charge in [-0.25, -0.2) is 4.79 Å². The van der Waals surface area contributed by atoms with E-state index in [0.717, 1.165) is 0 Å². The molecule has 7 heteroatoms. The fourth-order valence-corrected chi connectivity index (χ4v) is 1.37. The smallest absolute Gasteiger partial charge is 0.344 e. The first-order valence-corrected chi connectivity index (χ1v) is 5.30. The second-order valence-electron chi connectivity index (χ2n) is 3.73. The average molecular weight is 254 g/mol. The van der Waals surface area contributed by atoms with E-state index in [9.17, 15) is 14.9 Å². The van der Waals surface area contributed by atoms with Crippen LogP contribution in [0, 0.1) is 17.0 Å². The molecule has 0 aliphatic heterocycles. The minimum Gasteiger partial charge on any atom is -0.479 e. The maximum atomic E-state index is 10.9. The molecule has 1 atom stereocenters. The lowest BCUT2D eigenvalue weighted by Gasteiger charge is -2.15. The van der Waals surface area contributed by atoms with E-state index < -0.39 is 17.0 Å². The molecular formula is C11H14N2O5. The van der Waals surface area contributed by atoms with Gasteiger partial charge in [0.05, 0.1) is 11.0 Å². The topological polar surface area (TPSA) is 116 Å². The fourth-order valence-electron chi connectivity index (χ4n) is 1.37. The van der Waals surface area contributed by atoms with Crippen molar-refractivity contribution in [1.29, 1.82) is 0 Å². The Balaban J connectivity index is 2.97. The molecule has 98 valence electrons. The number of aliphatic carboxylic acids is 1. The average Bonchev–Trinajstić information content (AvgIpc) is 2.30. The van der Waals surface area contributed by atoms with E-state index in [4.69, 9.17) is 15.6 Å². The van der Waals surface area contributed by atoms with E-state index in [1.807, 2.05) is 0 Å². The van der Waals surface area contributed by atoms with Crippen molar-refractivity contribution in [2.24, 2.45) is 5.73 Å². The molecular weight excluding hydrogens is 240 g/mol. The molecule has 0 bridgehead atoms. The lowest BCUT2D eigenvalue weighted by atomic mass is 10.2. The number of hydrogen-bond acceptors (Lipinski definition) is 5. The van der Waals surface area contributed by atoms with Crippen LogP contribution in [-0.2, 0) is 4.79 Å². The molecule has 0 aliphatic rings. The Morgan fingerprint density at radius 1 is 1.61 bits per heavy atom. The van der Waals surface area contributed by atoms with Gasteiger partial charge in [0.1, 0.15) is 5.75 Å². The normalized spacial score (nSPS) is 11.9. The highest BCUT2D eigenvalue weighted by Crippen LogP contribution is 2.25. The van der Waals surface area contributed by atoms with Crippen LogP contribution in [0.3, 0.4) is 0 Å². The standard InChI is InChI=1S/C11H14N2O5/c1-7-2-3-8(13(16)17)6-10(7)18-9(4-5-12)11(14)15/h2-3,6,9H,4-5,12H2,1H3,(H,14,15). The molecule has 7 nitrogen and oxygen atoms in total. The predicted molar refractivity (Wildman–Crippen MR) is 63.6 cm³/mol. The number of nitro benzene ring substituents is 1. The molecule has 0 aromatic heterocycles. The molecule has 1 unspecified atom stereocenters. The Morgan fingerprint density at radius 2 is 2.28 bits per heavy atom.